The Hall–Kier alpha value is -1.50. The van der Waals surface area contributed by atoms with Crippen LogP contribution in [0.1, 0.15) is 25.0 Å². The third-order valence-electron chi connectivity index (χ3n) is 4.23. The van der Waals surface area contributed by atoms with Crippen molar-refractivity contribution in [2.45, 2.75) is 32.9 Å². The van der Waals surface area contributed by atoms with Crippen molar-refractivity contribution >= 4 is 12.2 Å². The van der Waals surface area contributed by atoms with E-state index in [-0.39, 0.29) is 5.41 Å². The highest BCUT2D eigenvalue weighted by atomic mass is 14.4. The second-order valence-corrected chi connectivity index (χ2v) is 6.10. The summed E-state index contributed by atoms with van der Waals surface area (Å²) in [6.07, 6.45) is 0. The molecule has 0 fully saturated rings. The summed E-state index contributed by atoms with van der Waals surface area (Å²) in [5, 5.41) is 0. The van der Waals surface area contributed by atoms with Crippen LogP contribution in [0.5, 0.6) is 0 Å². The van der Waals surface area contributed by atoms with Gasteiger partial charge in [0, 0.05) is 5.41 Å². The van der Waals surface area contributed by atoms with Crippen LogP contribution < -0.4 is 5.46 Å². The van der Waals surface area contributed by atoms with E-state index in [0.717, 1.165) is 0 Å². The van der Waals surface area contributed by atoms with E-state index in [0.29, 0.717) is 6.71 Å². The first kappa shape index (κ1) is 11.6. The summed E-state index contributed by atoms with van der Waals surface area (Å²) in [5.74, 6) is 0. The summed E-state index contributed by atoms with van der Waals surface area (Å²) in [7, 11) is 0. The summed E-state index contributed by atoms with van der Waals surface area (Å²) in [4.78, 5) is 0. The molecule has 2 aromatic rings. The third-order valence-corrected chi connectivity index (χ3v) is 4.23. The van der Waals surface area contributed by atoms with Crippen LogP contribution in [-0.2, 0) is 5.41 Å². The SMILES string of the molecule is CB(C)c1cccc2c1C(C)(C)c1ccccc1-2. The third kappa shape index (κ3) is 1.40. The molecule has 0 aromatic heterocycles. The predicted molar refractivity (Wildman–Crippen MR) is 81.1 cm³/mol. The molecule has 0 N–H and O–H groups in total. The van der Waals surface area contributed by atoms with Crippen molar-refractivity contribution in [1.82, 2.24) is 0 Å². The van der Waals surface area contributed by atoms with Crippen molar-refractivity contribution in [3.05, 3.63) is 53.6 Å². The lowest BCUT2D eigenvalue weighted by atomic mass is 9.47. The zero-order valence-corrected chi connectivity index (χ0v) is 11.6. The van der Waals surface area contributed by atoms with Gasteiger partial charge in [0.05, 0.1) is 0 Å². The van der Waals surface area contributed by atoms with Gasteiger partial charge in [0.25, 0.3) is 0 Å². The molecule has 18 heavy (non-hydrogen) atoms. The quantitative estimate of drug-likeness (QED) is 0.655. The number of rotatable bonds is 1. The standard InChI is InChI=1S/C17H19B/c1-17(2)14-10-6-5-8-12(14)13-9-7-11-15(16(13)17)18(3)4/h5-11H,1-4H3. The Kier molecular flexibility index (Phi) is 2.41. The molecule has 1 aliphatic carbocycles. The normalized spacial score (nSPS) is 15.1. The van der Waals surface area contributed by atoms with Crippen molar-refractivity contribution in [1.29, 1.82) is 0 Å². The van der Waals surface area contributed by atoms with Crippen LogP contribution >= 0.6 is 0 Å². The van der Waals surface area contributed by atoms with E-state index in [4.69, 9.17) is 0 Å². The van der Waals surface area contributed by atoms with E-state index in [2.05, 4.69) is 70.0 Å². The lowest BCUT2D eigenvalue weighted by molar-refractivity contribution is 0.664. The smallest absolute Gasteiger partial charge is 0.0819 e. The Bertz CT molecular complexity index is 609. The fourth-order valence-corrected chi connectivity index (χ4v) is 3.37. The highest BCUT2D eigenvalue weighted by molar-refractivity contribution is 6.71. The molecule has 0 bridgehead atoms. The number of hydrogen-bond acceptors (Lipinski definition) is 0. The molecule has 0 radical (unpaired) electrons. The van der Waals surface area contributed by atoms with Gasteiger partial charge in [-0.2, -0.15) is 0 Å². The summed E-state index contributed by atoms with van der Waals surface area (Å²) in [6.45, 7) is 9.85. The van der Waals surface area contributed by atoms with Gasteiger partial charge in [0.2, 0.25) is 0 Å². The average Bonchev–Trinajstić information content (AvgIpc) is 2.60. The largest absolute Gasteiger partial charge is 0.170 e. The van der Waals surface area contributed by atoms with Gasteiger partial charge in [0.15, 0.2) is 6.71 Å². The molecule has 0 heterocycles. The molecule has 0 atom stereocenters. The van der Waals surface area contributed by atoms with E-state index in [1.165, 1.54) is 27.7 Å². The molecule has 3 rings (SSSR count). The zero-order chi connectivity index (χ0) is 12.9. The maximum Gasteiger partial charge on any atom is 0.170 e. The molecule has 0 spiro atoms. The predicted octanol–water partition coefficient (Wildman–Crippen LogP) is 3.95. The lowest BCUT2D eigenvalue weighted by Gasteiger charge is -2.25. The van der Waals surface area contributed by atoms with Gasteiger partial charge in [-0.25, -0.2) is 0 Å². The molecule has 0 aliphatic heterocycles. The number of hydrogen-bond donors (Lipinski definition) is 0. The molecular formula is C17H19B. The Balaban J connectivity index is 2.38. The van der Waals surface area contributed by atoms with E-state index in [1.54, 1.807) is 0 Å². The van der Waals surface area contributed by atoms with Crippen LogP contribution in [0.2, 0.25) is 13.6 Å². The van der Waals surface area contributed by atoms with E-state index < -0.39 is 0 Å². The fraction of sp³-hybridized carbons (Fsp3) is 0.294. The van der Waals surface area contributed by atoms with Crippen molar-refractivity contribution in [3.63, 3.8) is 0 Å². The molecule has 0 nitrogen and oxygen atoms in total. The lowest BCUT2D eigenvalue weighted by Crippen LogP contribution is -2.32. The second-order valence-electron chi connectivity index (χ2n) is 6.10. The van der Waals surface area contributed by atoms with Gasteiger partial charge >= 0.3 is 0 Å². The summed E-state index contributed by atoms with van der Waals surface area (Å²) in [6, 6.07) is 15.6. The van der Waals surface area contributed by atoms with Crippen LogP contribution in [0.4, 0.5) is 0 Å². The molecule has 1 heteroatoms. The molecule has 2 aromatic carbocycles. The second kappa shape index (κ2) is 3.75. The number of benzene rings is 2. The monoisotopic (exact) mass is 234 g/mol. The van der Waals surface area contributed by atoms with Gasteiger partial charge < -0.3 is 0 Å². The first-order chi connectivity index (χ1) is 8.53. The Morgan fingerprint density at radius 2 is 1.50 bits per heavy atom. The minimum atomic E-state index is 0.132. The van der Waals surface area contributed by atoms with Gasteiger partial charge in [-0.3, -0.25) is 0 Å². The van der Waals surface area contributed by atoms with E-state index in [9.17, 15) is 0 Å². The van der Waals surface area contributed by atoms with Gasteiger partial charge in [0.1, 0.15) is 0 Å². The molecule has 0 unspecified atom stereocenters. The highest BCUT2D eigenvalue weighted by Gasteiger charge is 2.37. The van der Waals surface area contributed by atoms with Crippen molar-refractivity contribution < 1.29 is 0 Å². The summed E-state index contributed by atoms with van der Waals surface area (Å²) >= 11 is 0. The van der Waals surface area contributed by atoms with Crippen LogP contribution in [0.3, 0.4) is 0 Å². The summed E-state index contributed by atoms with van der Waals surface area (Å²) in [5.41, 5.74) is 7.47. The Labute approximate surface area is 110 Å². The minimum Gasteiger partial charge on any atom is -0.0819 e. The van der Waals surface area contributed by atoms with Crippen molar-refractivity contribution in [3.8, 4) is 11.1 Å². The van der Waals surface area contributed by atoms with Crippen LogP contribution in [0.25, 0.3) is 11.1 Å². The summed E-state index contributed by atoms with van der Waals surface area (Å²) < 4.78 is 0. The van der Waals surface area contributed by atoms with Crippen molar-refractivity contribution in [2.75, 3.05) is 0 Å². The minimum absolute atomic E-state index is 0.132. The Morgan fingerprint density at radius 1 is 0.833 bits per heavy atom. The molecule has 1 aliphatic rings. The van der Waals surface area contributed by atoms with Crippen molar-refractivity contribution in [2.24, 2.45) is 0 Å². The average molecular weight is 234 g/mol. The van der Waals surface area contributed by atoms with E-state index >= 15 is 0 Å². The molecule has 90 valence electrons. The Morgan fingerprint density at radius 3 is 2.22 bits per heavy atom. The zero-order valence-electron chi connectivity index (χ0n) is 11.6. The fourth-order valence-electron chi connectivity index (χ4n) is 3.37. The van der Waals surface area contributed by atoms with Gasteiger partial charge in [-0.15, -0.1) is 0 Å². The molecule has 0 saturated carbocycles. The number of fused-ring (bicyclic) bond motifs is 3. The molecule has 0 saturated heterocycles. The first-order valence-corrected chi connectivity index (χ1v) is 6.76. The van der Waals surface area contributed by atoms with E-state index in [1.807, 2.05) is 0 Å². The maximum atomic E-state index is 2.35. The van der Waals surface area contributed by atoms with Crippen LogP contribution in [0.15, 0.2) is 42.5 Å². The van der Waals surface area contributed by atoms with Gasteiger partial charge in [-0.1, -0.05) is 75.4 Å². The molecular weight excluding hydrogens is 215 g/mol. The molecule has 0 amide bonds. The first-order valence-electron chi connectivity index (χ1n) is 6.76. The topological polar surface area (TPSA) is 0 Å². The van der Waals surface area contributed by atoms with Crippen LogP contribution in [0, 0.1) is 0 Å². The maximum absolute atomic E-state index is 2.35. The van der Waals surface area contributed by atoms with Crippen LogP contribution in [-0.4, -0.2) is 6.71 Å². The van der Waals surface area contributed by atoms with Gasteiger partial charge in [-0.05, 0) is 22.3 Å². The highest BCUT2D eigenvalue weighted by Crippen LogP contribution is 2.47.